The minimum Gasteiger partial charge on any atom is -0.438 e. The van der Waals surface area contributed by atoms with E-state index in [9.17, 15) is 4.79 Å². The van der Waals surface area contributed by atoms with Crippen molar-refractivity contribution in [3.05, 3.63) is 59.4 Å². The maximum Gasteiger partial charge on any atom is 0.311 e. The maximum atomic E-state index is 11.8. The summed E-state index contributed by atoms with van der Waals surface area (Å²) in [5.41, 5.74) is 3.80. The predicted octanol–water partition coefficient (Wildman–Crippen LogP) is 4.23. The van der Waals surface area contributed by atoms with E-state index in [1.54, 1.807) is 12.3 Å². The van der Waals surface area contributed by atoms with Crippen LogP contribution in [0.25, 0.3) is 11.5 Å². The van der Waals surface area contributed by atoms with Gasteiger partial charge in [-0.3, -0.25) is 9.78 Å². The highest BCUT2D eigenvalue weighted by atomic mass is 16.5. The number of benzene rings is 1. The van der Waals surface area contributed by atoms with E-state index in [2.05, 4.69) is 9.97 Å². The van der Waals surface area contributed by atoms with Crippen molar-refractivity contribution in [2.45, 2.75) is 38.5 Å². The molecule has 0 bridgehead atoms. The molecule has 1 aromatic carbocycles. The molecule has 1 aliphatic heterocycles. The Bertz CT molecular complexity index is 1070. The zero-order chi connectivity index (χ0) is 19.1. The highest BCUT2D eigenvalue weighted by Gasteiger charge is 2.25. The highest BCUT2D eigenvalue weighted by molar-refractivity contribution is 5.76. The summed E-state index contributed by atoms with van der Waals surface area (Å²) in [7, 11) is 0. The first kappa shape index (κ1) is 16.9. The van der Waals surface area contributed by atoms with Crippen LogP contribution in [0.3, 0.4) is 0 Å². The van der Waals surface area contributed by atoms with Gasteiger partial charge in [-0.2, -0.15) is 4.98 Å². The van der Waals surface area contributed by atoms with Crippen LogP contribution in [0.5, 0.6) is 17.4 Å². The van der Waals surface area contributed by atoms with E-state index >= 15 is 0 Å². The third-order valence-electron chi connectivity index (χ3n) is 5.22. The second-order valence-corrected chi connectivity index (χ2v) is 7.23. The number of hydrogen-bond donors (Lipinski definition) is 0. The first-order chi connectivity index (χ1) is 13.7. The average molecular weight is 373 g/mol. The Labute approximate surface area is 162 Å². The van der Waals surface area contributed by atoms with Crippen LogP contribution in [0, 0.1) is 0 Å². The SMILES string of the molecule is CC1CC(=O)Oc2cc(Oc3nc(-c4ccccn4)nc4c3CCC4)ccc21. The van der Waals surface area contributed by atoms with E-state index in [4.69, 9.17) is 14.5 Å². The molecule has 1 aliphatic carbocycles. The fraction of sp³-hybridized carbons (Fsp3) is 0.273. The Morgan fingerprint density at radius 2 is 2.07 bits per heavy atom. The van der Waals surface area contributed by atoms with Crippen LogP contribution >= 0.6 is 0 Å². The molecule has 0 saturated heterocycles. The van der Waals surface area contributed by atoms with Crippen LogP contribution in [-0.4, -0.2) is 20.9 Å². The van der Waals surface area contributed by atoms with Crippen molar-refractivity contribution in [1.82, 2.24) is 15.0 Å². The summed E-state index contributed by atoms with van der Waals surface area (Å²) in [5, 5.41) is 0. The van der Waals surface area contributed by atoms with E-state index in [1.807, 2.05) is 37.3 Å². The standard InChI is InChI=1S/C22H19N3O3/c1-13-11-20(26)28-19-12-14(8-9-15(13)19)27-22-16-5-4-7-17(16)24-21(25-22)18-6-2-3-10-23-18/h2-3,6,8-10,12-13H,4-5,7,11H2,1H3. The second-order valence-electron chi connectivity index (χ2n) is 7.23. The number of pyridine rings is 1. The van der Waals surface area contributed by atoms with Crippen LogP contribution in [0.2, 0.25) is 0 Å². The monoisotopic (exact) mass is 373 g/mol. The summed E-state index contributed by atoms with van der Waals surface area (Å²) in [5.74, 6) is 2.21. The molecule has 0 saturated carbocycles. The van der Waals surface area contributed by atoms with Gasteiger partial charge in [0.15, 0.2) is 5.82 Å². The van der Waals surface area contributed by atoms with Crippen molar-refractivity contribution >= 4 is 5.97 Å². The van der Waals surface area contributed by atoms with Gasteiger partial charge < -0.3 is 9.47 Å². The van der Waals surface area contributed by atoms with Crippen LogP contribution in [-0.2, 0) is 17.6 Å². The summed E-state index contributed by atoms with van der Waals surface area (Å²) in [6.07, 6.45) is 4.97. The normalized spacial score (nSPS) is 17.6. The smallest absolute Gasteiger partial charge is 0.311 e. The van der Waals surface area contributed by atoms with Gasteiger partial charge in [0, 0.05) is 17.8 Å². The number of nitrogens with zero attached hydrogens (tertiary/aromatic N) is 3. The molecule has 5 rings (SSSR count). The molecular formula is C22H19N3O3. The predicted molar refractivity (Wildman–Crippen MR) is 102 cm³/mol. The zero-order valence-electron chi connectivity index (χ0n) is 15.5. The molecule has 0 N–H and O–H groups in total. The third kappa shape index (κ3) is 3.01. The van der Waals surface area contributed by atoms with E-state index < -0.39 is 0 Å². The lowest BCUT2D eigenvalue weighted by Crippen LogP contribution is -2.18. The van der Waals surface area contributed by atoms with E-state index in [0.29, 0.717) is 29.6 Å². The maximum absolute atomic E-state index is 11.8. The van der Waals surface area contributed by atoms with Crippen molar-refractivity contribution in [2.24, 2.45) is 0 Å². The molecule has 1 atom stereocenters. The van der Waals surface area contributed by atoms with E-state index in [1.165, 1.54) is 0 Å². The second kappa shape index (κ2) is 6.71. The zero-order valence-corrected chi connectivity index (χ0v) is 15.5. The number of esters is 1. The lowest BCUT2D eigenvalue weighted by molar-refractivity contribution is -0.135. The molecule has 0 fully saturated rings. The molecule has 2 aromatic heterocycles. The molecule has 0 spiro atoms. The molecule has 0 amide bonds. The lowest BCUT2D eigenvalue weighted by Gasteiger charge is -2.22. The molecule has 28 heavy (non-hydrogen) atoms. The fourth-order valence-corrected chi connectivity index (χ4v) is 3.80. The number of aryl methyl sites for hydroxylation is 1. The van der Waals surface area contributed by atoms with Crippen molar-refractivity contribution in [3.8, 4) is 28.9 Å². The molecule has 3 heterocycles. The average Bonchev–Trinajstić information content (AvgIpc) is 3.17. The number of carbonyl (C=O) groups is 1. The summed E-state index contributed by atoms with van der Waals surface area (Å²) >= 11 is 0. The number of hydrogen-bond acceptors (Lipinski definition) is 6. The van der Waals surface area contributed by atoms with Gasteiger partial charge in [0.1, 0.15) is 17.2 Å². The van der Waals surface area contributed by atoms with Gasteiger partial charge in [-0.1, -0.05) is 19.1 Å². The van der Waals surface area contributed by atoms with E-state index in [0.717, 1.165) is 41.8 Å². The van der Waals surface area contributed by atoms with Crippen LogP contribution in [0.4, 0.5) is 0 Å². The molecule has 6 heteroatoms. The van der Waals surface area contributed by atoms with Gasteiger partial charge >= 0.3 is 5.97 Å². The Kier molecular flexibility index (Phi) is 4.04. The minimum atomic E-state index is -0.211. The fourth-order valence-electron chi connectivity index (χ4n) is 3.80. The number of fused-ring (bicyclic) bond motifs is 2. The molecule has 6 nitrogen and oxygen atoms in total. The van der Waals surface area contributed by atoms with Crippen LogP contribution in [0.1, 0.15) is 42.5 Å². The van der Waals surface area contributed by atoms with Crippen molar-refractivity contribution < 1.29 is 14.3 Å². The van der Waals surface area contributed by atoms with Crippen molar-refractivity contribution in [2.75, 3.05) is 0 Å². The van der Waals surface area contributed by atoms with Gasteiger partial charge in [-0.15, -0.1) is 0 Å². The molecule has 2 aliphatic rings. The molecule has 3 aromatic rings. The topological polar surface area (TPSA) is 74.2 Å². The van der Waals surface area contributed by atoms with E-state index in [-0.39, 0.29) is 11.9 Å². The summed E-state index contributed by atoms with van der Waals surface area (Å²) in [6, 6.07) is 11.3. The van der Waals surface area contributed by atoms with Crippen molar-refractivity contribution in [1.29, 1.82) is 0 Å². The first-order valence-electron chi connectivity index (χ1n) is 9.51. The third-order valence-corrected chi connectivity index (χ3v) is 5.22. The molecule has 1 unspecified atom stereocenters. The quantitative estimate of drug-likeness (QED) is 0.505. The highest BCUT2D eigenvalue weighted by Crippen LogP contribution is 2.39. The number of aromatic nitrogens is 3. The largest absolute Gasteiger partial charge is 0.438 e. The number of ether oxygens (including phenoxy) is 2. The lowest BCUT2D eigenvalue weighted by atomic mass is 9.95. The van der Waals surface area contributed by atoms with Gasteiger partial charge in [-0.25, -0.2) is 4.98 Å². The summed E-state index contributed by atoms with van der Waals surface area (Å²) < 4.78 is 11.6. The van der Waals surface area contributed by atoms with Gasteiger partial charge in [0.25, 0.3) is 0 Å². The summed E-state index contributed by atoms with van der Waals surface area (Å²) in [4.78, 5) is 25.5. The van der Waals surface area contributed by atoms with Crippen LogP contribution < -0.4 is 9.47 Å². The Balaban J connectivity index is 1.53. The number of carbonyl (C=O) groups excluding carboxylic acids is 1. The van der Waals surface area contributed by atoms with Crippen LogP contribution in [0.15, 0.2) is 42.6 Å². The molecular weight excluding hydrogens is 354 g/mol. The number of rotatable bonds is 3. The Hall–Kier alpha value is -3.28. The Morgan fingerprint density at radius 1 is 1.14 bits per heavy atom. The first-order valence-corrected chi connectivity index (χ1v) is 9.51. The molecule has 140 valence electrons. The Morgan fingerprint density at radius 3 is 2.93 bits per heavy atom. The van der Waals surface area contributed by atoms with Crippen molar-refractivity contribution in [3.63, 3.8) is 0 Å². The van der Waals surface area contributed by atoms with Gasteiger partial charge in [-0.05, 0) is 48.9 Å². The minimum absolute atomic E-state index is 0.143. The summed E-state index contributed by atoms with van der Waals surface area (Å²) in [6.45, 7) is 2.02. The van der Waals surface area contributed by atoms with Gasteiger partial charge in [0.05, 0.1) is 12.1 Å². The molecule has 0 radical (unpaired) electrons. The van der Waals surface area contributed by atoms with Gasteiger partial charge in [0.2, 0.25) is 5.88 Å².